The molecule has 3 nitrogen and oxygen atoms in total. The number of ether oxygens (including phenoxy) is 1. The van der Waals surface area contributed by atoms with Crippen molar-refractivity contribution in [2.24, 2.45) is 0 Å². The molecular weight excluding hydrogens is 144 g/mol. The highest BCUT2D eigenvalue weighted by Gasteiger charge is 2.27. The van der Waals surface area contributed by atoms with Crippen LogP contribution in [0.3, 0.4) is 0 Å². The van der Waals surface area contributed by atoms with Gasteiger partial charge in [0, 0.05) is 12.8 Å². The Morgan fingerprint density at radius 3 is 2.67 bits per heavy atom. The molecule has 1 aliphatic heterocycles. The zero-order valence-corrected chi connectivity index (χ0v) is 5.35. The average molecular weight is 149 g/mol. The molecule has 0 aromatic heterocycles. The number of carbonyl (C=O) groups is 2. The van der Waals surface area contributed by atoms with Gasteiger partial charge >= 0.3 is 5.97 Å². The molecule has 0 amide bonds. The summed E-state index contributed by atoms with van der Waals surface area (Å²) in [7, 11) is 0. The van der Waals surface area contributed by atoms with Gasteiger partial charge in [0.25, 0.3) is 5.24 Å². The van der Waals surface area contributed by atoms with Crippen LogP contribution < -0.4 is 0 Å². The summed E-state index contributed by atoms with van der Waals surface area (Å²) < 4.78 is 4.50. The maximum atomic E-state index is 10.3. The lowest BCUT2D eigenvalue weighted by Gasteiger charge is -1.99. The first-order valence-electron chi connectivity index (χ1n) is 2.59. The fraction of sp³-hybridized carbons (Fsp3) is 0.600. The second-order valence-corrected chi connectivity index (χ2v) is 2.19. The van der Waals surface area contributed by atoms with Gasteiger partial charge in [0.15, 0.2) is 6.10 Å². The van der Waals surface area contributed by atoms with Gasteiger partial charge in [-0.1, -0.05) is 0 Å². The fourth-order valence-electron chi connectivity index (χ4n) is 0.685. The van der Waals surface area contributed by atoms with E-state index in [0.29, 0.717) is 12.8 Å². The lowest BCUT2D eigenvalue weighted by atomic mass is 10.3. The first-order valence-corrected chi connectivity index (χ1v) is 2.97. The Hall–Kier alpha value is -0.570. The maximum absolute atomic E-state index is 10.3. The molecule has 0 unspecified atom stereocenters. The van der Waals surface area contributed by atoms with Gasteiger partial charge in [-0.2, -0.15) is 0 Å². The van der Waals surface area contributed by atoms with Crippen molar-refractivity contribution < 1.29 is 14.3 Å². The minimum Gasteiger partial charge on any atom is -0.453 e. The van der Waals surface area contributed by atoms with Crippen LogP contribution >= 0.6 is 11.6 Å². The Morgan fingerprint density at radius 2 is 2.44 bits per heavy atom. The Kier molecular flexibility index (Phi) is 1.71. The number of hydrogen-bond acceptors (Lipinski definition) is 3. The van der Waals surface area contributed by atoms with E-state index in [1.54, 1.807) is 0 Å². The second-order valence-electron chi connectivity index (χ2n) is 1.82. The molecule has 0 radical (unpaired) electrons. The highest BCUT2D eigenvalue weighted by Crippen LogP contribution is 2.15. The molecule has 1 aliphatic rings. The summed E-state index contributed by atoms with van der Waals surface area (Å²) >= 11 is 5.03. The summed E-state index contributed by atoms with van der Waals surface area (Å²) in [5, 5.41) is -0.583. The highest BCUT2D eigenvalue weighted by molar-refractivity contribution is 6.64. The van der Waals surface area contributed by atoms with Crippen LogP contribution in [0.25, 0.3) is 0 Å². The van der Waals surface area contributed by atoms with Gasteiger partial charge in [-0.15, -0.1) is 0 Å². The molecule has 9 heavy (non-hydrogen) atoms. The Morgan fingerprint density at radius 1 is 1.78 bits per heavy atom. The van der Waals surface area contributed by atoms with E-state index in [9.17, 15) is 9.59 Å². The summed E-state index contributed by atoms with van der Waals surface area (Å²) in [6.45, 7) is 0. The first-order chi connectivity index (χ1) is 4.20. The molecule has 1 rings (SSSR count). The SMILES string of the molecule is O=C1CC[C@H](C(=O)Cl)O1. The second kappa shape index (κ2) is 2.35. The highest BCUT2D eigenvalue weighted by atomic mass is 35.5. The average Bonchev–Trinajstić information content (AvgIpc) is 2.14. The quantitative estimate of drug-likeness (QED) is 0.401. The van der Waals surface area contributed by atoms with Gasteiger partial charge in [-0.05, 0) is 11.6 Å². The van der Waals surface area contributed by atoms with Crippen LogP contribution in [0.15, 0.2) is 0 Å². The molecule has 4 heteroatoms. The lowest BCUT2D eigenvalue weighted by Crippen LogP contribution is -2.13. The number of cyclic esters (lactones) is 1. The zero-order chi connectivity index (χ0) is 6.85. The molecule has 1 fully saturated rings. The zero-order valence-electron chi connectivity index (χ0n) is 4.59. The molecule has 0 spiro atoms. The van der Waals surface area contributed by atoms with Crippen LogP contribution in [0, 0.1) is 0 Å². The van der Waals surface area contributed by atoms with E-state index in [-0.39, 0.29) is 5.97 Å². The lowest BCUT2D eigenvalue weighted by molar-refractivity contribution is -0.145. The molecule has 0 aromatic carbocycles. The van der Waals surface area contributed by atoms with Crippen molar-refractivity contribution in [1.82, 2.24) is 0 Å². The molecule has 0 aromatic rings. The summed E-state index contributed by atoms with van der Waals surface area (Å²) in [6, 6.07) is 0. The van der Waals surface area contributed by atoms with Crippen molar-refractivity contribution in [3.63, 3.8) is 0 Å². The molecular formula is C5H5ClO3. The predicted octanol–water partition coefficient (Wildman–Crippen LogP) is 0.457. The minimum atomic E-state index is -0.681. The van der Waals surface area contributed by atoms with Crippen molar-refractivity contribution in [2.45, 2.75) is 18.9 Å². The molecule has 0 bridgehead atoms. The van der Waals surface area contributed by atoms with Gasteiger partial charge < -0.3 is 4.74 Å². The minimum absolute atomic E-state index is 0.309. The normalized spacial score (nSPS) is 25.9. The summed E-state index contributed by atoms with van der Waals surface area (Å²) in [5.41, 5.74) is 0. The number of halogens is 1. The van der Waals surface area contributed by atoms with Gasteiger partial charge in [0.1, 0.15) is 0 Å². The van der Waals surface area contributed by atoms with Crippen molar-refractivity contribution in [2.75, 3.05) is 0 Å². The molecule has 0 saturated carbocycles. The molecule has 0 aliphatic carbocycles. The summed E-state index contributed by atoms with van der Waals surface area (Å²) in [4.78, 5) is 20.6. The van der Waals surface area contributed by atoms with E-state index in [4.69, 9.17) is 11.6 Å². The first kappa shape index (κ1) is 6.55. The van der Waals surface area contributed by atoms with Crippen LogP contribution in [-0.4, -0.2) is 17.3 Å². The number of esters is 1. The van der Waals surface area contributed by atoms with Gasteiger partial charge in [0.2, 0.25) is 0 Å². The van der Waals surface area contributed by atoms with E-state index in [1.165, 1.54) is 0 Å². The van der Waals surface area contributed by atoms with Crippen LogP contribution in [-0.2, 0) is 14.3 Å². The predicted molar refractivity (Wildman–Crippen MR) is 30.0 cm³/mol. The molecule has 1 saturated heterocycles. The number of rotatable bonds is 1. The Balaban J connectivity index is 2.48. The topological polar surface area (TPSA) is 43.4 Å². The van der Waals surface area contributed by atoms with Crippen LogP contribution in [0.4, 0.5) is 0 Å². The fourth-order valence-corrected chi connectivity index (χ4v) is 0.839. The Labute approximate surface area is 56.9 Å². The molecule has 1 heterocycles. The summed E-state index contributed by atoms with van der Waals surface area (Å²) in [6.07, 6.45) is 0.0590. The standard InChI is InChI=1S/C5H5ClO3/c6-5(8)3-1-2-4(7)9-3/h3H,1-2H2/t3-/m1/s1. The third-order valence-corrected chi connectivity index (χ3v) is 1.38. The van der Waals surface area contributed by atoms with Gasteiger partial charge in [0.05, 0.1) is 0 Å². The van der Waals surface area contributed by atoms with Crippen LogP contribution in [0.5, 0.6) is 0 Å². The van der Waals surface area contributed by atoms with E-state index in [0.717, 1.165) is 0 Å². The maximum Gasteiger partial charge on any atom is 0.306 e. The summed E-state index contributed by atoms with van der Waals surface area (Å²) in [5.74, 6) is -0.339. The van der Waals surface area contributed by atoms with Crippen LogP contribution in [0.2, 0.25) is 0 Å². The van der Waals surface area contributed by atoms with Gasteiger partial charge in [-0.3, -0.25) is 9.59 Å². The third-order valence-electron chi connectivity index (χ3n) is 1.14. The van der Waals surface area contributed by atoms with Gasteiger partial charge in [-0.25, -0.2) is 0 Å². The smallest absolute Gasteiger partial charge is 0.306 e. The number of carbonyl (C=O) groups excluding carboxylic acids is 2. The molecule has 50 valence electrons. The van der Waals surface area contributed by atoms with E-state index in [2.05, 4.69) is 4.74 Å². The largest absolute Gasteiger partial charge is 0.453 e. The van der Waals surface area contributed by atoms with E-state index >= 15 is 0 Å². The van der Waals surface area contributed by atoms with Crippen molar-refractivity contribution in [3.8, 4) is 0 Å². The van der Waals surface area contributed by atoms with Crippen LogP contribution in [0.1, 0.15) is 12.8 Å². The van der Waals surface area contributed by atoms with Crippen molar-refractivity contribution in [3.05, 3.63) is 0 Å². The van der Waals surface area contributed by atoms with E-state index in [1.807, 2.05) is 0 Å². The Bertz CT molecular complexity index is 154. The van der Waals surface area contributed by atoms with E-state index < -0.39 is 11.3 Å². The van der Waals surface area contributed by atoms with Crippen molar-refractivity contribution >= 4 is 22.8 Å². The third kappa shape index (κ3) is 1.42. The molecule has 1 atom stereocenters. The number of hydrogen-bond donors (Lipinski definition) is 0. The monoisotopic (exact) mass is 148 g/mol. The van der Waals surface area contributed by atoms with Crippen molar-refractivity contribution in [1.29, 1.82) is 0 Å². The molecule has 0 N–H and O–H groups in total.